The Hall–Kier alpha value is -2.69. The molecular weight excluding hydrogens is 330 g/mol. The monoisotopic (exact) mass is 353 g/mol. The minimum atomic E-state index is -0.509. The fourth-order valence-corrected chi connectivity index (χ4v) is 3.60. The highest BCUT2D eigenvalue weighted by Crippen LogP contribution is 2.46. The van der Waals surface area contributed by atoms with Crippen molar-refractivity contribution in [3.8, 4) is 17.2 Å². The molecular formula is C21H23NO4. The predicted molar refractivity (Wildman–Crippen MR) is 99.1 cm³/mol. The standard InChI is InChI=1S/C21H23NO4/c1-2-24-17-9-5-4-8-16(17)20(23)22-15-10-11-18-19(14-15)26-21(25-18)12-6-3-7-13-21/h4-5,8-11,14H,2-3,6-7,12-13H2,1H3,(H,22,23). The maximum atomic E-state index is 12.6. The zero-order chi connectivity index (χ0) is 18.0. The predicted octanol–water partition coefficient (Wildman–Crippen LogP) is 4.77. The molecule has 26 heavy (non-hydrogen) atoms. The molecule has 2 aromatic rings. The molecule has 5 nitrogen and oxygen atoms in total. The number of anilines is 1. The van der Waals surface area contributed by atoms with Crippen LogP contribution in [0.2, 0.25) is 0 Å². The van der Waals surface area contributed by atoms with Gasteiger partial charge >= 0.3 is 0 Å². The summed E-state index contributed by atoms with van der Waals surface area (Å²) in [5.41, 5.74) is 1.19. The Kier molecular flexibility index (Phi) is 4.45. The van der Waals surface area contributed by atoms with Crippen LogP contribution in [-0.2, 0) is 0 Å². The first-order valence-electron chi connectivity index (χ1n) is 9.24. The zero-order valence-electron chi connectivity index (χ0n) is 14.9. The molecule has 4 rings (SSSR count). The zero-order valence-corrected chi connectivity index (χ0v) is 14.9. The molecule has 1 aliphatic carbocycles. The third kappa shape index (κ3) is 3.21. The molecule has 136 valence electrons. The number of carbonyl (C=O) groups is 1. The van der Waals surface area contributed by atoms with Crippen molar-refractivity contribution in [2.45, 2.75) is 44.8 Å². The van der Waals surface area contributed by atoms with Gasteiger partial charge in [0.05, 0.1) is 12.2 Å². The molecule has 1 N–H and O–H groups in total. The van der Waals surface area contributed by atoms with Crippen LogP contribution in [0.1, 0.15) is 49.4 Å². The normalized spacial score (nSPS) is 17.1. The highest BCUT2D eigenvalue weighted by atomic mass is 16.7. The van der Waals surface area contributed by atoms with Gasteiger partial charge in [-0.3, -0.25) is 4.79 Å². The van der Waals surface area contributed by atoms with Crippen molar-refractivity contribution < 1.29 is 19.0 Å². The van der Waals surface area contributed by atoms with Crippen LogP contribution in [0.5, 0.6) is 17.2 Å². The summed E-state index contributed by atoms with van der Waals surface area (Å²) in [5.74, 6) is 1.31. The van der Waals surface area contributed by atoms with E-state index in [4.69, 9.17) is 14.2 Å². The average Bonchev–Trinajstić information content (AvgIpc) is 2.99. The Labute approximate surface area is 153 Å². The minimum Gasteiger partial charge on any atom is -0.493 e. The Morgan fingerprint density at radius 1 is 1.08 bits per heavy atom. The molecule has 5 heteroatoms. The number of fused-ring (bicyclic) bond motifs is 1. The second-order valence-corrected chi connectivity index (χ2v) is 6.72. The van der Waals surface area contributed by atoms with Crippen LogP contribution in [0.4, 0.5) is 5.69 Å². The van der Waals surface area contributed by atoms with Crippen LogP contribution in [0.3, 0.4) is 0 Å². The molecule has 0 radical (unpaired) electrons. The van der Waals surface area contributed by atoms with Crippen molar-refractivity contribution in [1.29, 1.82) is 0 Å². The van der Waals surface area contributed by atoms with Gasteiger partial charge in [-0.1, -0.05) is 18.6 Å². The van der Waals surface area contributed by atoms with E-state index in [1.807, 2.05) is 37.3 Å². The van der Waals surface area contributed by atoms with Crippen molar-refractivity contribution >= 4 is 11.6 Å². The lowest BCUT2D eigenvalue weighted by molar-refractivity contribution is -0.105. The smallest absolute Gasteiger partial charge is 0.259 e. The van der Waals surface area contributed by atoms with Crippen molar-refractivity contribution in [1.82, 2.24) is 0 Å². The van der Waals surface area contributed by atoms with Gasteiger partial charge in [0, 0.05) is 24.6 Å². The highest BCUT2D eigenvalue weighted by molar-refractivity contribution is 6.06. The largest absolute Gasteiger partial charge is 0.493 e. The van der Waals surface area contributed by atoms with Crippen molar-refractivity contribution in [3.05, 3.63) is 48.0 Å². The number of ether oxygens (including phenoxy) is 3. The van der Waals surface area contributed by atoms with Gasteiger partial charge in [0.15, 0.2) is 11.5 Å². The molecule has 1 saturated carbocycles. The van der Waals surface area contributed by atoms with Crippen LogP contribution in [0, 0.1) is 0 Å². The van der Waals surface area contributed by atoms with Gasteiger partial charge in [0.25, 0.3) is 11.7 Å². The van der Waals surface area contributed by atoms with Gasteiger partial charge in [-0.15, -0.1) is 0 Å². The molecule has 0 bridgehead atoms. The molecule has 0 unspecified atom stereocenters. The molecule has 1 heterocycles. The lowest BCUT2D eigenvalue weighted by Crippen LogP contribution is -2.40. The molecule has 1 aliphatic heterocycles. The van der Waals surface area contributed by atoms with E-state index in [1.54, 1.807) is 12.1 Å². The fourth-order valence-electron chi connectivity index (χ4n) is 3.60. The van der Waals surface area contributed by atoms with Crippen molar-refractivity contribution in [3.63, 3.8) is 0 Å². The second-order valence-electron chi connectivity index (χ2n) is 6.72. The Morgan fingerprint density at radius 2 is 1.85 bits per heavy atom. The summed E-state index contributed by atoms with van der Waals surface area (Å²) in [7, 11) is 0. The van der Waals surface area contributed by atoms with Crippen LogP contribution in [-0.4, -0.2) is 18.3 Å². The van der Waals surface area contributed by atoms with E-state index >= 15 is 0 Å². The molecule has 0 saturated heterocycles. The molecule has 1 amide bonds. The summed E-state index contributed by atoms with van der Waals surface area (Å²) in [6.45, 7) is 2.41. The first kappa shape index (κ1) is 16.8. The van der Waals surface area contributed by atoms with Gasteiger partial charge in [-0.2, -0.15) is 0 Å². The van der Waals surface area contributed by atoms with E-state index in [0.717, 1.165) is 31.4 Å². The van der Waals surface area contributed by atoms with E-state index in [9.17, 15) is 4.79 Å². The Bertz CT molecular complexity index is 811. The van der Waals surface area contributed by atoms with E-state index < -0.39 is 5.79 Å². The van der Waals surface area contributed by atoms with E-state index in [1.165, 1.54) is 6.42 Å². The first-order valence-corrected chi connectivity index (χ1v) is 9.24. The van der Waals surface area contributed by atoms with E-state index in [0.29, 0.717) is 29.4 Å². The lowest BCUT2D eigenvalue weighted by atomic mass is 9.94. The SMILES string of the molecule is CCOc1ccccc1C(=O)Nc1ccc2c(c1)OC1(CCCCC1)O2. The summed E-state index contributed by atoms with van der Waals surface area (Å²) >= 11 is 0. The molecule has 0 atom stereocenters. The van der Waals surface area contributed by atoms with Crippen LogP contribution < -0.4 is 19.5 Å². The minimum absolute atomic E-state index is 0.208. The number of para-hydroxylation sites is 1. The summed E-state index contributed by atoms with van der Waals surface area (Å²) in [4.78, 5) is 12.6. The number of amides is 1. The number of carbonyl (C=O) groups excluding carboxylic acids is 1. The second kappa shape index (κ2) is 6.90. The average molecular weight is 353 g/mol. The maximum absolute atomic E-state index is 12.6. The third-order valence-electron chi connectivity index (χ3n) is 4.84. The summed E-state index contributed by atoms with van der Waals surface area (Å²) in [6, 6.07) is 12.8. The number of benzene rings is 2. The number of rotatable bonds is 4. The number of hydrogen-bond donors (Lipinski definition) is 1. The molecule has 2 aliphatic rings. The van der Waals surface area contributed by atoms with Crippen molar-refractivity contribution in [2.75, 3.05) is 11.9 Å². The van der Waals surface area contributed by atoms with E-state index in [2.05, 4.69) is 5.32 Å². The first-order chi connectivity index (χ1) is 12.7. The molecule has 0 aromatic heterocycles. The number of nitrogens with one attached hydrogen (secondary N) is 1. The van der Waals surface area contributed by atoms with Gasteiger partial charge in [-0.05, 0) is 44.0 Å². The summed E-state index contributed by atoms with van der Waals surface area (Å²) in [5, 5.41) is 2.92. The van der Waals surface area contributed by atoms with E-state index in [-0.39, 0.29) is 5.91 Å². The summed E-state index contributed by atoms with van der Waals surface area (Å²) < 4.78 is 17.7. The number of hydrogen-bond acceptors (Lipinski definition) is 4. The van der Waals surface area contributed by atoms with Crippen LogP contribution in [0.25, 0.3) is 0 Å². The quantitative estimate of drug-likeness (QED) is 0.860. The Balaban J connectivity index is 1.51. The van der Waals surface area contributed by atoms with Gasteiger partial charge in [-0.25, -0.2) is 0 Å². The van der Waals surface area contributed by atoms with Crippen LogP contribution in [0.15, 0.2) is 42.5 Å². The Morgan fingerprint density at radius 3 is 2.65 bits per heavy atom. The molecule has 2 aromatic carbocycles. The van der Waals surface area contributed by atoms with Gasteiger partial charge < -0.3 is 19.5 Å². The summed E-state index contributed by atoms with van der Waals surface area (Å²) in [6.07, 6.45) is 5.28. The topological polar surface area (TPSA) is 56.8 Å². The molecule has 1 spiro atoms. The van der Waals surface area contributed by atoms with Crippen LogP contribution >= 0.6 is 0 Å². The lowest BCUT2D eigenvalue weighted by Gasteiger charge is -2.31. The third-order valence-corrected chi connectivity index (χ3v) is 4.84. The highest BCUT2D eigenvalue weighted by Gasteiger charge is 2.42. The molecule has 1 fully saturated rings. The van der Waals surface area contributed by atoms with Gasteiger partial charge in [0.2, 0.25) is 0 Å². The van der Waals surface area contributed by atoms with Gasteiger partial charge in [0.1, 0.15) is 5.75 Å². The fraction of sp³-hybridized carbons (Fsp3) is 0.381. The van der Waals surface area contributed by atoms with Crippen molar-refractivity contribution in [2.24, 2.45) is 0 Å². The maximum Gasteiger partial charge on any atom is 0.259 e.